The number of thiazole rings is 1. The van der Waals surface area contributed by atoms with E-state index < -0.39 is 0 Å². The third-order valence-corrected chi connectivity index (χ3v) is 4.32. The molecule has 7 heteroatoms. The van der Waals surface area contributed by atoms with Gasteiger partial charge >= 0.3 is 6.03 Å². The molecule has 0 bridgehead atoms. The molecule has 2 aromatic heterocycles. The van der Waals surface area contributed by atoms with Crippen molar-refractivity contribution in [1.82, 2.24) is 15.6 Å². The second-order valence-electron chi connectivity index (χ2n) is 3.99. The predicted octanol–water partition coefficient (Wildman–Crippen LogP) is 2.89. The number of urea groups is 1. The number of anilines is 1. The molecule has 0 spiro atoms. The van der Waals surface area contributed by atoms with E-state index in [0.29, 0.717) is 18.2 Å². The van der Waals surface area contributed by atoms with Crippen molar-refractivity contribution in [3.8, 4) is 0 Å². The summed E-state index contributed by atoms with van der Waals surface area (Å²) in [6, 6.07) is 3.72. The Bertz CT molecular complexity index is 591. The highest BCUT2D eigenvalue weighted by Crippen LogP contribution is 2.17. The van der Waals surface area contributed by atoms with Crippen molar-refractivity contribution in [3.05, 3.63) is 39.5 Å². The molecule has 3 N–H and O–H groups in total. The molecule has 0 aromatic carbocycles. The van der Waals surface area contributed by atoms with Crippen LogP contribution in [-0.2, 0) is 13.1 Å². The molecule has 0 atom stereocenters. The zero-order valence-corrected chi connectivity index (χ0v) is 12.7. The van der Waals surface area contributed by atoms with Gasteiger partial charge in [-0.1, -0.05) is 12.7 Å². The van der Waals surface area contributed by atoms with Crippen LogP contribution in [0.15, 0.2) is 24.1 Å². The minimum Gasteiger partial charge on any atom is -0.333 e. The van der Waals surface area contributed by atoms with Crippen molar-refractivity contribution in [1.29, 1.82) is 0 Å². The fourth-order valence-electron chi connectivity index (χ4n) is 1.53. The van der Waals surface area contributed by atoms with E-state index in [1.54, 1.807) is 17.4 Å². The lowest BCUT2D eigenvalue weighted by Crippen LogP contribution is -2.27. The number of rotatable bonds is 6. The number of nitrogens with one attached hydrogen (secondary N) is 3. The first-order valence-electron chi connectivity index (χ1n) is 6.06. The molecule has 2 aromatic rings. The topological polar surface area (TPSA) is 66.0 Å². The third-order valence-electron chi connectivity index (χ3n) is 2.44. The van der Waals surface area contributed by atoms with Gasteiger partial charge in [-0.15, -0.1) is 22.7 Å². The average Bonchev–Trinajstić information content (AvgIpc) is 3.06. The number of hydrogen-bond acceptors (Lipinski definition) is 5. The summed E-state index contributed by atoms with van der Waals surface area (Å²) in [6.07, 6.45) is 1.80. The predicted molar refractivity (Wildman–Crippen MR) is 85.1 cm³/mol. The van der Waals surface area contributed by atoms with Crippen LogP contribution >= 0.6 is 22.7 Å². The molecule has 0 aliphatic rings. The van der Waals surface area contributed by atoms with E-state index in [0.717, 1.165) is 15.4 Å². The smallest absolute Gasteiger partial charge is 0.321 e. The minimum atomic E-state index is -0.246. The number of nitrogens with zero attached hydrogens (tertiary/aromatic N) is 1. The minimum absolute atomic E-state index is 0.246. The van der Waals surface area contributed by atoms with Crippen molar-refractivity contribution >= 4 is 39.9 Å². The van der Waals surface area contributed by atoms with Crippen LogP contribution in [0.5, 0.6) is 0 Å². The van der Waals surface area contributed by atoms with E-state index in [1.807, 2.05) is 24.6 Å². The summed E-state index contributed by atoms with van der Waals surface area (Å²) in [5.74, 6) is 0. The molecule has 106 valence electrons. The molecule has 0 saturated heterocycles. The summed E-state index contributed by atoms with van der Waals surface area (Å²) >= 11 is 3.02. The van der Waals surface area contributed by atoms with Gasteiger partial charge in [0.05, 0.1) is 12.2 Å². The highest BCUT2D eigenvalue weighted by Gasteiger charge is 2.06. The molecule has 0 aliphatic carbocycles. The number of carbonyl (C=O) groups excluding carboxylic acids is 1. The van der Waals surface area contributed by atoms with E-state index in [4.69, 9.17) is 0 Å². The van der Waals surface area contributed by atoms with Gasteiger partial charge in [0.1, 0.15) is 0 Å². The molecule has 2 heterocycles. The second-order valence-corrected chi connectivity index (χ2v) is 6.05. The number of thiophene rings is 1. The number of aromatic nitrogens is 1. The average molecular weight is 308 g/mol. The van der Waals surface area contributed by atoms with E-state index >= 15 is 0 Å². The Morgan fingerprint density at radius 2 is 2.30 bits per heavy atom. The van der Waals surface area contributed by atoms with Crippen LogP contribution in [0.25, 0.3) is 6.08 Å². The molecule has 0 unspecified atom stereocenters. The lowest BCUT2D eigenvalue weighted by molar-refractivity contribution is 0.252. The van der Waals surface area contributed by atoms with Crippen LogP contribution in [0.1, 0.15) is 15.4 Å². The number of hydrogen-bond donors (Lipinski definition) is 3. The largest absolute Gasteiger partial charge is 0.333 e. The first-order valence-corrected chi connectivity index (χ1v) is 7.76. The normalized spacial score (nSPS) is 10.2. The maximum atomic E-state index is 11.7. The van der Waals surface area contributed by atoms with Gasteiger partial charge < -0.3 is 10.6 Å². The van der Waals surface area contributed by atoms with E-state index in [9.17, 15) is 4.79 Å². The first kappa shape index (κ1) is 14.7. The summed E-state index contributed by atoms with van der Waals surface area (Å²) < 4.78 is 0. The van der Waals surface area contributed by atoms with Crippen molar-refractivity contribution < 1.29 is 4.79 Å². The molecule has 2 amide bonds. The van der Waals surface area contributed by atoms with Crippen LogP contribution in [-0.4, -0.2) is 18.1 Å². The van der Waals surface area contributed by atoms with Gasteiger partial charge in [-0.3, -0.25) is 5.32 Å². The molecule has 0 aliphatic heterocycles. The molecule has 20 heavy (non-hydrogen) atoms. The van der Waals surface area contributed by atoms with Crippen LogP contribution in [0.3, 0.4) is 0 Å². The van der Waals surface area contributed by atoms with Gasteiger partial charge in [0.25, 0.3) is 0 Å². The summed E-state index contributed by atoms with van der Waals surface area (Å²) in [4.78, 5) is 18.2. The van der Waals surface area contributed by atoms with E-state index in [2.05, 4.69) is 27.5 Å². The fourth-order valence-corrected chi connectivity index (χ4v) is 3.04. The highest BCUT2D eigenvalue weighted by molar-refractivity contribution is 7.14. The molecule has 5 nitrogen and oxygen atoms in total. The van der Waals surface area contributed by atoms with Crippen LogP contribution < -0.4 is 16.0 Å². The Kier molecular flexibility index (Phi) is 5.28. The second kappa shape index (κ2) is 7.18. The molecule has 2 rings (SSSR count). The van der Waals surface area contributed by atoms with Gasteiger partial charge in [0, 0.05) is 21.7 Å². The SMILES string of the molecule is C=Cc1ccc(CNC(=O)Nc2nc(CNC)cs2)s1. The molecule has 0 saturated carbocycles. The first-order chi connectivity index (χ1) is 9.71. The standard InChI is InChI=1S/C13H16N4OS2/c1-3-10-4-5-11(20-10)7-15-12(18)17-13-16-9(6-14-2)8-19-13/h3-5,8,14H,1,6-7H2,2H3,(H2,15,16,17,18). The van der Waals surface area contributed by atoms with Crippen molar-refractivity contribution in [2.75, 3.05) is 12.4 Å². The third kappa shape index (κ3) is 4.16. The highest BCUT2D eigenvalue weighted by atomic mass is 32.1. The van der Waals surface area contributed by atoms with Crippen molar-refractivity contribution in [2.24, 2.45) is 0 Å². The Morgan fingerprint density at radius 1 is 1.45 bits per heavy atom. The molecular weight excluding hydrogens is 292 g/mol. The molecular formula is C13H16N4OS2. The summed E-state index contributed by atoms with van der Waals surface area (Å²) in [6.45, 7) is 4.90. The van der Waals surface area contributed by atoms with Gasteiger partial charge in [-0.05, 0) is 19.2 Å². The summed E-state index contributed by atoms with van der Waals surface area (Å²) in [5.41, 5.74) is 0.918. The zero-order chi connectivity index (χ0) is 14.4. The Labute approximate surface area is 125 Å². The number of carbonyl (C=O) groups is 1. The van der Waals surface area contributed by atoms with Crippen molar-refractivity contribution in [2.45, 2.75) is 13.1 Å². The Hall–Kier alpha value is -1.70. The number of amides is 2. The van der Waals surface area contributed by atoms with E-state index in [-0.39, 0.29) is 6.03 Å². The van der Waals surface area contributed by atoms with Gasteiger partial charge in [-0.2, -0.15) is 0 Å². The lowest BCUT2D eigenvalue weighted by Gasteiger charge is -2.03. The Balaban J connectivity index is 1.80. The quantitative estimate of drug-likeness (QED) is 0.769. The molecule has 0 fully saturated rings. The van der Waals surface area contributed by atoms with E-state index in [1.165, 1.54) is 11.3 Å². The zero-order valence-electron chi connectivity index (χ0n) is 11.1. The monoisotopic (exact) mass is 308 g/mol. The summed E-state index contributed by atoms with van der Waals surface area (Å²) in [5, 5.41) is 11.1. The Morgan fingerprint density at radius 3 is 3.00 bits per heavy atom. The van der Waals surface area contributed by atoms with Gasteiger partial charge in [0.15, 0.2) is 5.13 Å². The van der Waals surface area contributed by atoms with Gasteiger partial charge in [0.2, 0.25) is 0 Å². The maximum absolute atomic E-state index is 11.7. The lowest BCUT2D eigenvalue weighted by atomic mass is 10.4. The van der Waals surface area contributed by atoms with Crippen LogP contribution in [0.2, 0.25) is 0 Å². The summed E-state index contributed by atoms with van der Waals surface area (Å²) in [7, 11) is 1.86. The fraction of sp³-hybridized carbons (Fsp3) is 0.231. The van der Waals surface area contributed by atoms with Crippen LogP contribution in [0.4, 0.5) is 9.93 Å². The van der Waals surface area contributed by atoms with Crippen LogP contribution in [0, 0.1) is 0 Å². The van der Waals surface area contributed by atoms with Gasteiger partial charge in [-0.25, -0.2) is 9.78 Å². The molecule has 0 radical (unpaired) electrons. The maximum Gasteiger partial charge on any atom is 0.321 e. The van der Waals surface area contributed by atoms with Crippen molar-refractivity contribution in [3.63, 3.8) is 0 Å².